The zero-order valence-corrected chi connectivity index (χ0v) is 10.2. The first-order valence-corrected chi connectivity index (χ1v) is 6.41. The van der Waals surface area contributed by atoms with Crippen molar-refractivity contribution < 1.29 is 0 Å². The van der Waals surface area contributed by atoms with E-state index in [0.717, 1.165) is 5.75 Å². The normalized spacial score (nSPS) is 19.3. The van der Waals surface area contributed by atoms with Gasteiger partial charge in [0.2, 0.25) is 0 Å². The van der Waals surface area contributed by atoms with Crippen LogP contribution in [-0.2, 0) is 6.42 Å². The Kier molecular flexibility index (Phi) is 3.57. The van der Waals surface area contributed by atoms with Crippen molar-refractivity contribution in [3.05, 3.63) is 29.8 Å². The lowest BCUT2D eigenvalue weighted by molar-refractivity contribution is 0.643. The molecule has 1 unspecified atom stereocenters. The molecule has 0 saturated heterocycles. The third-order valence-corrected chi connectivity index (χ3v) is 3.47. The third-order valence-electron chi connectivity index (χ3n) is 3.16. The van der Waals surface area contributed by atoms with Gasteiger partial charge in [0.25, 0.3) is 0 Å². The summed E-state index contributed by atoms with van der Waals surface area (Å²) < 4.78 is 0. The van der Waals surface area contributed by atoms with Gasteiger partial charge in [0.1, 0.15) is 0 Å². The zero-order valence-electron chi connectivity index (χ0n) is 9.32. The van der Waals surface area contributed by atoms with Crippen LogP contribution in [0.15, 0.2) is 24.3 Å². The van der Waals surface area contributed by atoms with Gasteiger partial charge in [-0.3, -0.25) is 0 Å². The number of benzene rings is 1. The van der Waals surface area contributed by atoms with E-state index >= 15 is 0 Å². The second-order valence-electron chi connectivity index (χ2n) is 4.31. The smallest absolute Gasteiger partial charge is 0.0402 e. The number of hydrogen-bond donors (Lipinski definition) is 1. The minimum atomic E-state index is 0.669. The summed E-state index contributed by atoms with van der Waals surface area (Å²) in [6.07, 6.45) is 3.67. The molecular formula is C13H19NS. The monoisotopic (exact) mass is 221 g/mol. The van der Waals surface area contributed by atoms with Crippen molar-refractivity contribution in [2.75, 3.05) is 17.2 Å². The van der Waals surface area contributed by atoms with E-state index in [1.54, 1.807) is 0 Å². The highest BCUT2D eigenvalue weighted by Crippen LogP contribution is 2.31. The van der Waals surface area contributed by atoms with Gasteiger partial charge in [0.05, 0.1) is 0 Å². The van der Waals surface area contributed by atoms with Crippen LogP contribution in [0.3, 0.4) is 0 Å². The van der Waals surface area contributed by atoms with Crippen molar-refractivity contribution in [3.63, 3.8) is 0 Å². The summed E-state index contributed by atoms with van der Waals surface area (Å²) in [5.41, 5.74) is 2.96. The van der Waals surface area contributed by atoms with E-state index in [1.165, 1.54) is 37.1 Å². The molecule has 0 saturated carbocycles. The van der Waals surface area contributed by atoms with Gasteiger partial charge in [-0.2, -0.15) is 12.6 Å². The van der Waals surface area contributed by atoms with Gasteiger partial charge < -0.3 is 4.90 Å². The summed E-state index contributed by atoms with van der Waals surface area (Å²) in [7, 11) is 0. The van der Waals surface area contributed by atoms with Gasteiger partial charge in [0.15, 0.2) is 0 Å². The van der Waals surface area contributed by atoms with Crippen LogP contribution in [-0.4, -0.2) is 18.3 Å². The number of para-hydroxylation sites is 1. The molecule has 1 heterocycles. The van der Waals surface area contributed by atoms with Crippen molar-refractivity contribution in [1.82, 2.24) is 0 Å². The SMILES string of the molecule is CC1Cc2ccccc2N1CCCCS. The van der Waals surface area contributed by atoms with Crippen LogP contribution in [0.25, 0.3) is 0 Å². The molecule has 1 aliphatic heterocycles. The minimum absolute atomic E-state index is 0.669. The van der Waals surface area contributed by atoms with Crippen LogP contribution in [0.4, 0.5) is 5.69 Å². The van der Waals surface area contributed by atoms with E-state index in [1.807, 2.05) is 0 Å². The molecule has 1 aliphatic rings. The molecule has 1 aromatic rings. The van der Waals surface area contributed by atoms with Crippen molar-refractivity contribution in [1.29, 1.82) is 0 Å². The predicted octanol–water partition coefficient (Wildman–Crippen LogP) is 3.15. The molecule has 0 N–H and O–H groups in total. The lowest BCUT2D eigenvalue weighted by atomic mass is 10.1. The van der Waals surface area contributed by atoms with E-state index in [-0.39, 0.29) is 0 Å². The Morgan fingerprint density at radius 3 is 2.93 bits per heavy atom. The average Bonchev–Trinajstić information content (AvgIpc) is 2.56. The summed E-state index contributed by atoms with van der Waals surface area (Å²) in [6.45, 7) is 3.50. The molecule has 15 heavy (non-hydrogen) atoms. The molecule has 2 heteroatoms. The van der Waals surface area contributed by atoms with Crippen LogP contribution < -0.4 is 4.90 Å². The van der Waals surface area contributed by atoms with E-state index in [0.29, 0.717) is 6.04 Å². The number of thiol groups is 1. The van der Waals surface area contributed by atoms with E-state index in [2.05, 4.69) is 48.7 Å². The zero-order chi connectivity index (χ0) is 10.7. The summed E-state index contributed by atoms with van der Waals surface area (Å²) in [6, 6.07) is 9.46. The fourth-order valence-electron chi connectivity index (χ4n) is 2.36. The lowest BCUT2D eigenvalue weighted by Crippen LogP contribution is -2.30. The van der Waals surface area contributed by atoms with Crippen LogP contribution in [0.5, 0.6) is 0 Å². The first kappa shape index (κ1) is 10.9. The molecule has 1 atom stereocenters. The van der Waals surface area contributed by atoms with Gasteiger partial charge in [0, 0.05) is 18.3 Å². The molecule has 0 aliphatic carbocycles. The summed E-state index contributed by atoms with van der Waals surface area (Å²) >= 11 is 4.26. The molecule has 0 aromatic heterocycles. The van der Waals surface area contributed by atoms with Crippen molar-refractivity contribution in [3.8, 4) is 0 Å². The fourth-order valence-corrected chi connectivity index (χ4v) is 2.59. The number of unbranched alkanes of at least 4 members (excludes halogenated alkanes) is 1. The number of fused-ring (bicyclic) bond motifs is 1. The topological polar surface area (TPSA) is 3.24 Å². The highest BCUT2D eigenvalue weighted by Gasteiger charge is 2.24. The van der Waals surface area contributed by atoms with Gasteiger partial charge in [-0.15, -0.1) is 0 Å². The minimum Gasteiger partial charge on any atom is -0.368 e. The Hall–Kier alpha value is -0.630. The lowest BCUT2D eigenvalue weighted by Gasteiger charge is -2.24. The Bertz CT molecular complexity index is 324. The van der Waals surface area contributed by atoms with E-state index in [4.69, 9.17) is 0 Å². The standard InChI is InChI=1S/C13H19NS/c1-11-10-12-6-2-3-7-13(12)14(11)8-4-5-9-15/h2-3,6-7,11,15H,4-5,8-10H2,1H3. The van der Waals surface area contributed by atoms with Gasteiger partial charge in [-0.05, 0) is 43.6 Å². The number of rotatable bonds is 4. The Morgan fingerprint density at radius 2 is 2.13 bits per heavy atom. The summed E-state index contributed by atoms with van der Waals surface area (Å²) in [4.78, 5) is 2.54. The summed E-state index contributed by atoms with van der Waals surface area (Å²) in [5, 5.41) is 0. The Balaban J connectivity index is 2.05. The van der Waals surface area contributed by atoms with Crippen LogP contribution in [0.2, 0.25) is 0 Å². The Labute approximate surface area is 97.9 Å². The van der Waals surface area contributed by atoms with Gasteiger partial charge >= 0.3 is 0 Å². The number of anilines is 1. The van der Waals surface area contributed by atoms with E-state index < -0.39 is 0 Å². The molecule has 1 aromatic carbocycles. The highest BCUT2D eigenvalue weighted by atomic mass is 32.1. The van der Waals surface area contributed by atoms with Crippen molar-refractivity contribution in [2.24, 2.45) is 0 Å². The van der Waals surface area contributed by atoms with Crippen LogP contribution in [0, 0.1) is 0 Å². The quantitative estimate of drug-likeness (QED) is 0.604. The van der Waals surface area contributed by atoms with Crippen molar-refractivity contribution in [2.45, 2.75) is 32.2 Å². The maximum absolute atomic E-state index is 4.26. The number of nitrogens with zero attached hydrogens (tertiary/aromatic N) is 1. The molecule has 0 amide bonds. The largest absolute Gasteiger partial charge is 0.368 e. The molecule has 0 spiro atoms. The third kappa shape index (κ3) is 2.31. The first-order valence-electron chi connectivity index (χ1n) is 5.78. The van der Waals surface area contributed by atoms with Crippen LogP contribution >= 0.6 is 12.6 Å². The molecule has 0 radical (unpaired) electrons. The predicted molar refractivity (Wildman–Crippen MR) is 70.0 cm³/mol. The second kappa shape index (κ2) is 4.93. The molecule has 0 bridgehead atoms. The van der Waals surface area contributed by atoms with Gasteiger partial charge in [-0.25, -0.2) is 0 Å². The van der Waals surface area contributed by atoms with E-state index in [9.17, 15) is 0 Å². The van der Waals surface area contributed by atoms with Crippen molar-refractivity contribution >= 4 is 18.3 Å². The Morgan fingerprint density at radius 1 is 1.33 bits per heavy atom. The number of hydrogen-bond acceptors (Lipinski definition) is 2. The molecule has 2 rings (SSSR count). The maximum atomic E-state index is 4.26. The summed E-state index contributed by atoms with van der Waals surface area (Å²) in [5.74, 6) is 1.00. The molecule has 1 nitrogen and oxygen atoms in total. The first-order chi connectivity index (χ1) is 7.33. The second-order valence-corrected chi connectivity index (χ2v) is 4.75. The molecule has 82 valence electrons. The maximum Gasteiger partial charge on any atom is 0.0402 e. The highest BCUT2D eigenvalue weighted by molar-refractivity contribution is 7.80. The van der Waals surface area contributed by atoms with Gasteiger partial charge in [-0.1, -0.05) is 18.2 Å². The fraction of sp³-hybridized carbons (Fsp3) is 0.538. The molecular weight excluding hydrogens is 202 g/mol. The molecule has 0 fully saturated rings. The average molecular weight is 221 g/mol. The van der Waals surface area contributed by atoms with Crippen LogP contribution in [0.1, 0.15) is 25.3 Å².